The van der Waals surface area contributed by atoms with Gasteiger partial charge in [-0.25, -0.2) is 24.0 Å². The van der Waals surface area contributed by atoms with E-state index in [-0.39, 0.29) is 101 Å². The molecule has 0 bridgehead atoms. The Bertz CT molecular complexity index is 2450. The average molecular weight is 1040 g/mol. The highest BCUT2D eigenvalue weighted by Crippen LogP contribution is 2.28. The summed E-state index contributed by atoms with van der Waals surface area (Å²) in [6.45, 7) is 27.8. The lowest BCUT2D eigenvalue weighted by atomic mass is 9.98. The SMILES string of the molecule is CCCCC(CC)COC(=O)c1ccc(Nc2nc(Nc3ccc(C=C(C(=O)OCC(C)(C)C)C(=O)OCC(C)(C)C)cc3)nc(Nc3ccc(C=C(C(=O)OCC(C)(C)C)C(=O)OCC(C)(C)C)cc3)n2)cc1O. The Morgan fingerprint density at radius 1 is 0.520 bits per heavy atom. The van der Waals surface area contributed by atoms with Gasteiger partial charge in [0.05, 0.1) is 33.0 Å². The van der Waals surface area contributed by atoms with Gasteiger partial charge in [0, 0.05) is 23.1 Å². The Labute approximate surface area is 442 Å². The number of benzene rings is 3. The zero-order valence-electron chi connectivity index (χ0n) is 46.3. The molecule has 0 saturated heterocycles. The summed E-state index contributed by atoms with van der Waals surface area (Å²) in [7, 11) is 0. The zero-order valence-corrected chi connectivity index (χ0v) is 46.3. The van der Waals surface area contributed by atoms with Crippen LogP contribution in [0.25, 0.3) is 12.2 Å². The van der Waals surface area contributed by atoms with Crippen molar-refractivity contribution in [2.45, 2.75) is 123 Å². The predicted octanol–water partition coefficient (Wildman–Crippen LogP) is 12.3. The largest absolute Gasteiger partial charge is 0.507 e. The summed E-state index contributed by atoms with van der Waals surface area (Å²) in [5, 5.41) is 20.4. The van der Waals surface area contributed by atoms with Crippen LogP contribution in [0, 0.1) is 27.6 Å². The summed E-state index contributed by atoms with van der Waals surface area (Å²) in [5.41, 5.74) is 0.594. The standard InChI is InChI=1S/C58H78N6O11/c1-15-17-18-37(16-2)32-71-47(66)43-28-27-42(31-46(43)65)61-54-63-52(59-40-23-19-38(20-24-40)29-44(48(67)72-33-55(3,4)5)49(68)73-34-56(6,7)8)62-53(64-54)60-41-25-21-39(22-26-41)30-45(50(69)74-35-57(9,10)11)51(70)75-36-58(12,13)14/h19-31,37,65H,15-18,32-36H2,1-14H3,(H3,59,60,61,62,63,64). The number of ether oxygens (including phenoxy) is 5. The fourth-order valence-corrected chi connectivity index (χ4v) is 6.38. The molecule has 1 aromatic heterocycles. The van der Waals surface area contributed by atoms with Gasteiger partial charge in [0.25, 0.3) is 0 Å². The molecule has 3 aromatic carbocycles. The van der Waals surface area contributed by atoms with E-state index in [4.69, 9.17) is 23.7 Å². The third kappa shape index (κ3) is 22.0. The van der Waals surface area contributed by atoms with E-state index >= 15 is 0 Å². The molecule has 0 fully saturated rings. The smallest absolute Gasteiger partial charge is 0.345 e. The third-order valence-corrected chi connectivity index (χ3v) is 10.5. The Morgan fingerprint density at radius 3 is 1.19 bits per heavy atom. The van der Waals surface area contributed by atoms with Crippen LogP contribution >= 0.6 is 0 Å². The van der Waals surface area contributed by atoms with Crippen LogP contribution in [0.15, 0.2) is 77.9 Å². The molecule has 4 N–H and O–H groups in total. The quantitative estimate of drug-likeness (QED) is 0.0178. The number of phenolic OH excluding ortho intramolecular Hbond substituents is 1. The number of carbonyl (C=O) groups excluding carboxylic acids is 5. The Morgan fingerprint density at radius 2 is 0.867 bits per heavy atom. The molecule has 17 heteroatoms. The van der Waals surface area contributed by atoms with Gasteiger partial charge in [-0.3, -0.25) is 0 Å². The number of carbonyl (C=O) groups is 5. The van der Waals surface area contributed by atoms with Gasteiger partial charge in [0.1, 0.15) is 22.5 Å². The van der Waals surface area contributed by atoms with E-state index < -0.39 is 29.8 Å². The van der Waals surface area contributed by atoms with Crippen molar-refractivity contribution in [1.82, 2.24) is 15.0 Å². The molecule has 0 amide bonds. The molecule has 1 atom stereocenters. The monoisotopic (exact) mass is 1030 g/mol. The van der Waals surface area contributed by atoms with E-state index in [1.807, 2.05) is 83.1 Å². The first-order chi connectivity index (χ1) is 35.0. The third-order valence-electron chi connectivity index (χ3n) is 10.5. The fraction of sp³-hybridized carbons (Fsp3) is 0.483. The number of unbranched alkanes of at least 4 members (excludes halogenated alkanes) is 1. The molecular formula is C58H78N6O11. The first-order valence-electron chi connectivity index (χ1n) is 25.4. The summed E-state index contributed by atoms with van der Waals surface area (Å²) in [6.07, 6.45) is 6.73. The second-order valence-corrected chi connectivity index (χ2v) is 23.3. The maximum Gasteiger partial charge on any atom is 0.345 e. The van der Waals surface area contributed by atoms with Gasteiger partial charge in [-0.05, 0) is 93.7 Å². The van der Waals surface area contributed by atoms with Crippen molar-refractivity contribution in [3.8, 4) is 5.75 Å². The fourth-order valence-electron chi connectivity index (χ4n) is 6.38. The Balaban J connectivity index is 1.68. The highest BCUT2D eigenvalue weighted by atomic mass is 16.6. The van der Waals surface area contributed by atoms with E-state index in [1.54, 1.807) is 54.6 Å². The molecule has 1 unspecified atom stereocenters. The second kappa shape index (κ2) is 26.8. The summed E-state index contributed by atoms with van der Waals surface area (Å²) in [6, 6.07) is 18.0. The Kier molecular flexibility index (Phi) is 21.5. The molecule has 17 nitrogen and oxygen atoms in total. The summed E-state index contributed by atoms with van der Waals surface area (Å²) in [5.74, 6) is -3.70. The molecule has 0 saturated carbocycles. The van der Waals surface area contributed by atoms with Crippen LogP contribution in [0.2, 0.25) is 0 Å². The van der Waals surface area contributed by atoms with Crippen molar-refractivity contribution < 1.29 is 52.8 Å². The molecule has 0 aliphatic carbocycles. The molecule has 4 aromatic rings. The number of hydrogen-bond donors (Lipinski definition) is 4. The van der Waals surface area contributed by atoms with E-state index in [1.165, 1.54) is 24.3 Å². The van der Waals surface area contributed by atoms with Crippen LogP contribution in [-0.2, 0) is 42.9 Å². The number of rotatable bonds is 23. The van der Waals surface area contributed by atoms with Crippen LogP contribution < -0.4 is 16.0 Å². The number of nitrogens with zero attached hydrogens (tertiary/aromatic N) is 3. The van der Waals surface area contributed by atoms with Gasteiger partial charge in [-0.2, -0.15) is 15.0 Å². The van der Waals surface area contributed by atoms with Gasteiger partial charge >= 0.3 is 29.8 Å². The van der Waals surface area contributed by atoms with Crippen molar-refractivity contribution in [2.24, 2.45) is 27.6 Å². The van der Waals surface area contributed by atoms with E-state index in [0.717, 1.165) is 25.7 Å². The molecular weight excluding hydrogens is 957 g/mol. The summed E-state index contributed by atoms with van der Waals surface area (Å²) >= 11 is 0. The zero-order chi connectivity index (χ0) is 55.7. The van der Waals surface area contributed by atoms with E-state index in [0.29, 0.717) is 28.2 Å². The van der Waals surface area contributed by atoms with Crippen LogP contribution in [0.3, 0.4) is 0 Å². The molecule has 0 aliphatic heterocycles. The Hall–Kier alpha value is -7.30. The summed E-state index contributed by atoms with van der Waals surface area (Å²) in [4.78, 5) is 79.8. The first-order valence-corrected chi connectivity index (χ1v) is 25.4. The van der Waals surface area contributed by atoms with Crippen LogP contribution in [-0.4, -0.2) is 82.9 Å². The molecule has 0 radical (unpaired) electrons. The van der Waals surface area contributed by atoms with Gasteiger partial charge < -0.3 is 44.7 Å². The minimum Gasteiger partial charge on any atom is -0.507 e. The lowest BCUT2D eigenvalue weighted by Crippen LogP contribution is -2.25. The average Bonchev–Trinajstić information content (AvgIpc) is 3.32. The van der Waals surface area contributed by atoms with Crippen LogP contribution in [0.1, 0.15) is 144 Å². The van der Waals surface area contributed by atoms with Crippen molar-refractivity contribution in [2.75, 3.05) is 49.0 Å². The van der Waals surface area contributed by atoms with Gasteiger partial charge in [-0.15, -0.1) is 0 Å². The highest BCUT2D eigenvalue weighted by Gasteiger charge is 2.28. The lowest BCUT2D eigenvalue weighted by molar-refractivity contribution is -0.151. The maximum absolute atomic E-state index is 13.2. The highest BCUT2D eigenvalue weighted by molar-refractivity contribution is 6.18. The number of hydrogen-bond acceptors (Lipinski definition) is 17. The van der Waals surface area contributed by atoms with E-state index in [2.05, 4.69) is 44.7 Å². The minimum absolute atomic E-state index is 0.00859. The van der Waals surface area contributed by atoms with Gasteiger partial charge in [0.2, 0.25) is 17.8 Å². The molecule has 406 valence electrons. The first kappa shape index (κ1) is 60.3. The van der Waals surface area contributed by atoms with Crippen molar-refractivity contribution in [1.29, 1.82) is 0 Å². The molecule has 1 heterocycles. The number of phenols is 1. The molecule has 0 spiro atoms. The van der Waals surface area contributed by atoms with Gasteiger partial charge in [-0.1, -0.05) is 140 Å². The van der Waals surface area contributed by atoms with Crippen molar-refractivity contribution in [3.05, 3.63) is 94.6 Å². The normalized spacial score (nSPS) is 12.1. The van der Waals surface area contributed by atoms with Crippen molar-refractivity contribution in [3.63, 3.8) is 0 Å². The van der Waals surface area contributed by atoms with E-state index in [9.17, 15) is 29.1 Å². The number of nitrogens with one attached hydrogen (secondary N) is 3. The van der Waals surface area contributed by atoms with Crippen LogP contribution in [0.4, 0.5) is 34.9 Å². The lowest BCUT2D eigenvalue weighted by Gasteiger charge is -2.20. The van der Waals surface area contributed by atoms with Gasteiger partial charge in [0.15, 0.2) is 0 Å². The number of esters is 5. The molecule has 0 aliphatic rings. The topological polar surface area (TPSA) is 226 Å². The maximum atomic E-state index is 13.2. The summed E-state index contributed by atoms with van der Waals surface area (Å²) < 4.78 is 27.6. The van der Waals surface area contributed by atoms with Crippen molar-refractivity contribution >= 4 is 76.9 Å². The predicted molar refractivity (Wildman–Crippen MR) is 292 cm³/mol. The second-order valence-electron chi connectivity index (χ2n) is 23.3. The van der Waals surface area contributed by atoms with Crippen LogP contribution in [0.5, 0.6) is 5.75 Å². The molecule has 4 rings (SSSR count). The number of aromatic nitrogens is 3. The number of aromatic hydroxyl groups is 1. The number of anilines is 6. The minimum atomic E-state index is -0.800. The molecule has 75 heavy (non-hydrogen) atoms.